The predicted molar refractivity (Wildman–Crippen MR) is 67.0 cm³/mol. The predicted octanol–water partition coefficient (Wildman–Crippen LogP) is 3.27. The summed E-state index contributed by atoms with van der Waals surface area (Å²) in [7, 11) is 0. The van der Waals surface area contributed by atoms with Crippen molar-refractivity contribution in [2.45, 2.75) is 13.3 Å². The van der Waals surface area contributed by atoms with Crippen LogP contribution in [-0.2, 0) is 6.42 Å². The Morgan fingerprint density at radius 3 is 2.89 bits per heavy atom. The van der Waals surface area contributed by atoms with E-state index in [9.17, 15) is 9.18 Å². The third-order valence-corrected chi connectivity index (χ3v) is 2.57. The molecule has 1 heterocycles. The van der Waals surface area contributed by atoms with Gasteiger partial charge in [0.1, 0.15) is 17.1 Å². The first kappa shape index (κ1) is 13.0. The normalized spacial score (nSPS) is 10.2. The molecule has 2 aromatic rings. The van der Waals surface area contributed by atoms with E-state index in [1.807, 2.05) is 13.0 Å². The molecule has 0 saturated carbocycles. The number of pyridine rings is 1. The van der Waals surface area contributed by atoms with Crippen LogP contribution in [0.25, 0.3) is 0 Å². The van der Waals surface area contributed by atoms with Gasteiger partial charge in [0.2, 0.25) is 5.88 Å². The van der Waals surface area contributed by atoms with Gasteiger partial charge >= 0.3 is 5.97 Å². The van der Waals surface area contributed by atoms with E-state index in [0.29, 0.717) is 5.75 Å². The lowest BCUT2D eigenvalue weighted by molar-refractivity contribution is 0.0692. The molecule has 0 aliphatic rings. The Balaban J connectivity index is 2.34. The fourth-order valence-corrected chi connectivity index (χ4v) is 1.60. The quantitative estimate of drug-likeness (QED) is 0.917. The van der Waals surface area contributed by atoms with Crippen LogP contribution in [-0.4, -0.2) is 16.1 Å². The standard InChI is InChI=1S/C14H12FNO3/c1-2-9-4-3-5-11(6-9)19-13-12(14(17)18)7-10(15)8-16-13/h3-8H,2H2,1H3,(H,17,18). The van der Waals surface area contributed by atoms with E-state index in [2.05, 4.69) is 4.98 Å². The minimum Gasteiger partial charge on any atom is -0.477 e. The molecule has 0 aliphatic carbocycles. The molecule has 0 bridgehead atoms. The molecular formula is C14H12FNO3. The van der Waals surface area contributed by atoms with Crippen molar-refractivity contribution in [3.05, 3.63) is 53.5 Å². The van der Waals surface area contributed by atoms with Crippen molar-refractivity contribution in [2.75, 3.05) is 0 Å². The Bertz CT molecular complexity index is 613. The summed E-state index contributed by atoms with van der Waals surface area (Å²) in [6.45, 7) is 2.00. The number of aromatic nitrogens is 1. The summed E-state index contributed by atoms with van der Waals surface area (Å²) in [6.07, 6.45) is 1.76. The lowest BCUT2D eigenvalue weighted by Gasteiger charge is -2.08. The van der Waals surface area contributed by atoms with Crippen molar-refractivity contribution < 1.29 is 19.0 Å². The van der Waals surface area contributed by atoms with Gasteiger partial charge in [-0.25, -0.2) is 14.2 Å². The summed E-state index contributed by atoms with van der Waals surface area (Å²) >= 11 is 0. The van der Waals surface area contributed by atoms with Crippen LogP contribution < -0.4 is 4.74 Å². The summed E-state index contributed by atoms with van der Waals surface area (Å²) in [4.78, 5) is 14.7. The molecule has 0 atom stereocenters. The van der Waals surface area contributed by atoms with Crippen LogP contribution in [0.5, 0.6) is 11.6 Å². The second-order valence-corrected chi connectivity index (χ2v) is 3.91. The number of carboxylic acids is 1. The number of benzene rings is 1. The third-order valence-electron chi connectivity index (χ3n) is 2.57. The van der Waals surface area contributed by atoms with E-state index >= 15 is 0 Å². The van der Waals surface area contributed by atoms with Gasteiger partial charge in [0, 0.05) is 0 Å². The van der Waals surface area contributed by atoms with E-state index in [4.69, 9.17) is 9.84 Å². The maximum atomic E-state index is 13.0. The topological polar surface area (TPSA) is 59.4 Å². The molecule has 0 saturated heterocycles. The highest BCUT2D eigenvalue weighted by Crippen LogP contribution is 2.24. The number of ether oxygens (including phenoxy) is 1. The van der Waals surface area contributed by atoms with Crippen LogP contribution >= 0.6 is 0 Å². The molecule has 0 amide bonds. The monoisotopic (exact) mass is 261 g/mol. The van der Waals surface area contributed by atoms with Gasteiger partial charge < -0.3 is 9.84 Å². The van der Waals surface area contributed by atoms with Gasteiger partial charge in [-0.3, -0.25) is 0 Å². The number of hydrogen-bond acceptors (Lipinski definition) is 3. The van der Waals surface area contributed by atoms with Crippen LogP contribution in [0.3, 0.4) is 0 Å². The second kappa shape index (κ2) is 5.48. The Kier molecular flexibility index (Phi) is 3.75. The van der Waals surface area contributed by atoms with Gasteiger partial charge in [-0.05, 0) is 30.2 Å². The molecule has 0 spiro atoms. The van der Waals surface area contributed by atoms with Crippen molar-refractivity contribution >= 4 is 5.97 Å². The first-order chi connectivity index (χ1) is 9.10. The van der Waals surface area contributed by atoms with Gasteiger partial charge in [0.15, 0.2) is 0 Å². The van der Waals surface area contributed by atoms with Crippen LogP contribution in [0.1, 0.15) is 22.8 Å². The van der Waals surface area contributed by atoms with E-state index < -0.39 is 11.8 Å². The van der Waals surface area contributed by atoms with Crippen molar-refractivity contribution in [1.82, 2.24) is 4.98 Å². The highest BCUT2D eigenvalue weighted by molar-refractivity contribution is 5.90. The number of hydrogen-bond donors (Lipinski definition) is 1. The minimum absolute atomic E-state index is 0.123. The molecule has 1 aromatic carbocycles. The highest BCUT2D eigenvalue weighted by Gasteiger charge is 2.15. The first-order valence-corrected chi connectivity index (χ1v) is 5.75. The summed E-state index contributed by atoms with van der Waals surface area (Å²) in [5.74, 6) is -1.65. The van der Waals surface area contributed by atoms with E-state index in [0.717, 1.165) is 24.2 Å². The molecule has 2 rings (SSSR count). The number of aromatic carboxylic acids is 1. The Hall–Kier alpha value is -2.43. The second-order valence-electron chi connectivity index (χ2n) is 3.91. The highest BCUT2D eigenvalue weighted by atomic mass is 19.1. The van der Waals surface area contributed by atoms with Crippen LogP contribution in [0, 0.1) is 5.82 Å². The zero-order chi connectivity index (χ0) is 13.8. The fourth-order valence-electron chi connectivity index (χ4n) is 1.60. The molecule has 98 valence electrons. The number of carboxylic acid groups (broad SMARTS) is 1. The SMILES string of the molecule is CCc1cccc(Oc2ncc(F)cc2C(=O)O)c1. The van der Waals surface area contributed by atoms with Gasteiger partial charge in [-0.15, -0.1) is 0 Å². The summed E-state index contributed by atoms with van der Waals surface area (Å²) in [5, 5.41) is 8.98. The van der Waals surface area contributed by atoms with E-state index in [1.165, 1.54) is 0 Å². The molecule has 0 fully saturated rings. The van der Waals surface area contributed by atoms with Crippen LogP contribution in [0.15, 0.2) is 36.5 Å². The number of aryl methyl sites for hydroxylation is 1. The summed E-state index contributed by atoms with van der Waals surface area (Å²) in [5.41, 5.74) is 0.749. The molecule has 19 heavy (non-hydrogen) atoms. The average molecular weight is 261 g/mol. The van der Waals surface area contributed by atoms with Crippen LogP contribution in [0.4, 0.5) is 4.39 Å². The van der Waals surface area contributed by atoms with Gasteiger partial charge in [-0.1, -0.05) is 19.1 Å². The number of carbonyl (C=O) groups is 1. The lowest BCUT2D eigenvalue weighted by Crippen LogP contribution is -2.03. The van der Waals surface area contributed by atoms with E-state index in [1.54, 1.807) is 18.2 Å². The molecular weight excluding hydrogens is 249 g/mol. The summed E-state index contributed by atoms with van der Waals surface area (Å²) in [6, 6.07) is 8.10. The molecule has 0 unspecified atom stereocenters. The lowest BCUT2D eigenvalue weighted by atomic mass is 10.2. The minimum atomic E-state index is -1.28. The number of rotatable bonds is 4. The molecule has 1 N–H and O–H groups in total. The van der Waals surface area contributed by atoms with Crippen molar-refractivity contribution in [3.8, 4) is 11.6 Å². The fraction of sp³-hybridized carbons (Fsp3) is 0.143. The molecule has 4 nitrogen and oxygen atoms in total. The van der Waals surface area contributed by atoms with Crippen molar-refractivity contribution in [3.63, 3.8) is 0 Å². The van der Waals surface area contributed by atoms with E-state index in [-0.39, 0.29) is 11.4 Å². The van der Waals surface area contributed by atoms with Crippen LogP contribution in [0.2, 0.25) is 0 Å². The smallest absolute Gasteiger partial charge is 0.341 e. The Morgan fingerprint density at radius 1 is 1.42 bits per heavy atom. The summed E-state index contributed by atoms with van der Waals surface area (Å²) < 4.78 is 18.4. The van der Waals surface area contributed by atoms with Crippen molar-refractivity contribution in [1.29, 1.82) is 0 Å². The molecule has 1 aromatic heterocycles. The van der Waals surface area contributed by atoms with Gasteiger partial charge in [0.05, 0.1) is 6.20 Å². The molecule has 0 aliphatic heterocycles. The maximum Gasteiger partial charge on any atom is 0.341 e. The molecule has 0 radical (unpaired) electrons. The first-order valence-electron chi connectivity index (χ1n) is 5.75. The number of nitrogens with zero attached hydrogens (tertiary/aromatic N) is 1. The Labute approximate surface area is 109 Å². The zero-order valence-electron chi connectivity index (χ0n) is 10.3. The Morgan fingerprint density at radius 2 is 2.21 bits per heavy atom. The van der Waals surface area contributed by atoms with Crippen molar-refractivity contribution in [2.24, 2.45) is 0 Å². The van der Waals surface area contributed by atoms with Gasteiger partial charge in [0.25, 0.3) is 0 Å². The largest absolute Gasteiger partial charge is 0.477 e. The maximum absolute atomic E-state index is 13.0. The van der Waals surface area contributed by atoms with Gasteiger partial charge in [-0.2, -0.15) is 0 Å². The average Bonchev–Trinajstić information content (AvgIpc) is 2.41. The third kappa shape index (κ3) is 3.07. The zero-order valence-corrected chi connectivity index (χ0v) is 10.3. The number of halogens is 1. The molecule has 5 heteroatoms.